The van der Waals surface area contributed by atoms with Gasteiger partial charge in [-0.1, -0.05) is 62.8 Å². The molecule has 0 fully saturated rings. The number of allylic oxidation sites excluding steroid dienone is 4. The summed E-state index contributed by atoms with van der Waals surface area (Å²) in [6, 6.07) is 8.36. The van der Waals surface area contributed by atoms with Gasteiger partial charge in [0.25, 0.3) is 0 Å². The van der Waals surface area contributed by atoms with E-state index in [4.69, 9.17) is 4.74 Å². The van der Waals surface area contributed by atoms with Crippen LogP contribution in [0, 0.1) is 5.41 Å². The Labute approximate surface area is 167 Å². The summed E-state index contributed by atoms with van der Waals surface area (Å²) in [6.45, 7) is 19.0. The van der Waals surface area contributed by atoms with Gasteiger partial charge in [0, 0.05) is 12.0 Å². The Morgan fingerprint density at radius 3 is 2.37 bits per heavy atom. The van der Waals surface area contributed by atoms with E-state index in [1.807, 2.05) is 0 Å². The molecule has 1 aromatic carbocycles. The van der Waals surface area contributed by atoms with Crippen LogP contribution < -0.4 is 4.74 Å². The first-order chi connectivity index (χ1) is 12.9. The molecule has 0 aliphatic heterocycles. The molecule has 2 nitrogen and oxygen atoms in total. The van der Waals surface area contributed by atoms with Gasteiger partial charge in [-0.05, 0) is 63.9 Å². The quantitative estimate of drug-likeness (QED) is 0.282. The maximum atomic E-state index is 5.87. The predicted molar refractivity (Wildman–Crippen MR) is 120 cm³/mol. The Balaban J connectivity index is 2.51. The molecule has 0 radical (unpaired) electrons. The van der Waals surface area contributed by atoms with Crippen LogP contribution in [0.2, 0.25) is 0 Å². The minimum absolute atomic E-state index is 0.0194. The fraction of sp³-hybridized carbons (Fsp3) is 0.520. The van der Waals surface area contributed by atoms with Gasteiger partial charge in [0.15, 0.2) is 0 Å². The first-order valence-corrected chi connectivity index (χ1v) is 10.3. The standard InChI is InChI=1S/C25H39NO/c1-7-25(6,18-10-12-22(4)5)19-17-23-13-15-24(16-14-23)27-21-11-20-26(8-2)9-3/h7,12-17,19H,1,8-11,18,20-21H2,2-6H3/b19-17+/t25-/m1/s1. The molecular formula is C25H39NO. The molecule has 0 saturated carbocycles. The van der Waals surface area contributed by atoms with Gasteiger partial charge < -0.3 is 9.64 Å². The summed E-state index contributed by atoms with van der Waals surface area (Å²) in [5.41, 5.74) is 2.59. The Kier molecular flexibility index (Phi) is 10.8. The second kappa shape index (κ2) is 12.6. The molecule has 1 atom stereocenters. The molecule has 1 rings (SSSR count). The van der Waals surface area contributed by atoms with Gasteiger partial charge in [-0.25, -0.2) is 0 Å². The summed E-state index contributed by atoms with van der Waals surface area (Å²) < 4.78 is 5.87. The highest BCUT2D eigenvalue weighted by Crippen LogP contribution is 2.28. The predicted octanol–water partition coefficient (Wildman–Crippen LogP) is 6.75. The number of ether oxygens (including phenoxy) is 1. The smallest absolute Gasteiger partial charge is 0.119 e. The van der Waals surface area contributed by atoms with Crippen LogP contribution in [0.15, 0.2) is 54.6 Å². The molecular weight excluding hydrogens is 330 g/mol. The number of hydrogen-bond acceptors (Lipinski definition) is 2. The molecule has 0 amide bonds. The van der Waals surface area contributed by atoms with Crippen molar-refractivity contribution in [2.45, 2.75) is 53.9 Å². The van der Waals surface area contributed by atoms with E-state index in [0.717, 1.165) is 51.3 Å². The van der Waals surface area contributed by atoms with Gasteiger partial charge in [-0.15, -0.1) is 6.58 Å². The van der Waals surface area contributed by atoms with Gasteiger partial charge in [0.05, 0.1) is 6.61 Å². The zero-order chi connectivity index (χ0) is 20.1. The van der Waals surface area contributed by atoms with Crippen molar-refractivity contribution >= 4 is 6.08 Å². The van der Waals surface area contributed by atoms with E-state index in [2.05, 4.69) is 94.7 Å². The van der Waals surface area contributed by atoms with Crippen LogP contribution in [0.1, 0.15) is 59.4 Å². The summed E-state index contributed by atoms with van der Waals surface area (Å²) in [6.07, 6.45) is 12.0. The van der Waals surface area contributed by atoms with E-state index in [9.17, 15) is 0 Å². The average molecular weight is 370 g/mol. The van der Waals surface area contributed by atoms with Gasteiger partial charge in [0.2, 0.25) is 0 Å². The van der Waals surface area contributed by atoms with Crippen molar-refractivity contribution in [3.05, 3.63) is 60.2 Å². The molecule has 0 bridgehead atoms. The maximum Gasteiger partial charge on any atom is 0.119 e. The monoisotopic (exact) mass is 369 g/mol. The number of nitrogens with zero attached hydrogens (tertiary/aromatic N) is 1. The van der Waals surface area contributed by atoms with Crippen molar-refractivity contribution < 1.29 is 4.74 Å². The van der Waals surface area contributed by atoms with E-state index in [-0.39, 0.29) is 5.41 Å². The fourth-order valence-electron chi connectivity index (χ4n) is 2.91. The molecule has 0 aromatic heterocycles. The lowest BCUT2D eigenvalue weighted by molar-refractivity contribution is 0.249. The highest BCUT2D eigenvalue weighted by Gasteiger charge is 2.14. The molecule has 0 aliphatic rings. The van der Waals surface area contributed by atoms with Crippen molar-refractivity contribution in [1.82, 2.24) is 4.90 Å². The molecule has 0 heterocycles. The van der Waals surface area contributed by atoms with E-state index in [0.29, 0.717) is 0 Å². The second-order valence-corrected chi connectivity index (χ2v) is 7.66. The molecule has 0 spiro atoms. The van der Waals surface area contributed by atoms with E-state index >= 15 is 0 Å². The van der Waals surface area contributed by atoms with Crippen LogP contribution in [-0.2, 0) is 0 Å². The fourth-order valence-corrected chi connectivity index (χ4v) is 2.91. The Bertz CT molecular complexity index is 591. The molecule has 0 aliphatic carbocycles. The SMILES string of the molecule is C=C[C@@](C)(/C=C/c1ccc(OCCCN(CC)CC)cc1)CCC=C(C)C. The lowest BCUT2D eigenvalue weighted by Gasteiger charge is -2.20. The van der Waals surface area contributed by atoms with Gasteiger partial charge in [0.1, 0.15) is 5.75 Å². The zero-order valence-electron chi connectivity index (χ0n) is 18.1. The second-order valence-electron chi connectivity index (χ2n) is 7.66. The first-order valence-electron chi connectivity index (χ1n) is 10.3. The van der Waals surface area contributed by atoms with E-state index in [1.165, 1.54) is 11.1 Å². The van der Waals surface area contributed by atoms with Gasteiger partial charge >= 0.3 is 0 Å². The number of rotatable bonds is 13. The summed E-state index contributed by atoms with van der Waals surface area (Å²) in [4.78, 5) is 2.42. The molecule has 150 valence electrons. The molecule has 2 heteroatoms. The van der Waals surface area contributed by atoms with Crippen LogP contribution in [0.3, 0.4) is 0 Å². The van der Waals surface area contributed by atoms with Crippen molar-refractivity contribution in [3.63, 3.8) is 0 Å². The van der Waals surface area contributed by atoms with Crippen LogP contribution >= 0.6 is 0 Å². The average Bonchev–Trinajstić information content (AvgIpc) is 2.67. The summed E-state index contributed by atoms with van der Waals surface area (Å²) in [5.74, 6) is 0.946. The molecule has 27 heavy (non-hydrogen) atoms. The van der Waals surface area contributed by atoms with E-state index < -0.39 is 0 Å². The van der Waals surface area contributed by atoms with Crippen LogP contribution in [0.5, 0.6) is 5.75 Å². The normalized spacial score (nSPS) is 13.6. The minimum atomic E-state index is 0.0194. The van der Waals surface area contributed by atoms with Gasteiger partial charge in [-0.3, -0.25) is 0 Å². The van der Waals surface area contributed by atoms with Crippen molar-refractivity contribution in [2.24, 2.45) is 5.41 Å². The molecule has 0 unspecified atom stereocenters. The first kappa shape index (κ1) is 23.2. The third-order valence-electron chi connectivity index (χ3n) is 5.02. The van der Waals surface area contributed by atoms with Crippen molar-refractivity contribution in [2.75, 3.05) is 26.2 Å². The Hall–Kier alpha value is -1.80. The van der Waals surface area contributed by atoms with Crippen LogP contribution in [0.25, 0.3) is 6.08 Å². The highest BCUT2D eigenvalue weighted by atomic mass is 16.5. The topological polar surface area (TPSA) is 12.5 Å². The zero-order valence-corrected chi connectivity index (χ0v) is 18.1. The molecule has 1 aromatic rings. The van der Waals surface area contributed by atoms with Crippen LogP contribution in [-0.4, -0.2) is 31.1 Å². The van der Waals surface area contributed by atoms with Gasteiger partial charge in [-0.2, -0.15) is 0 Å². The lowest BCUT2D eigenvalue weighted by atomic mass is 9.84. The summed E-state index contributed by atoms with van der Waals surface area (Å²) in [7, 11) is 0. The third-order valence-corrected chi connectivity index (χ3v) is 5.02. The third kappa shape index (κ3) is 9.63. The summed E-state index contributed by atoms with van der Waals surface area (Å²) in [5, 5.41) is 0. The highest BCUT2D eigenvalue weighted by molar-refractivity contribution is 5.52. The Morgan fingerprint density at radius 1 is 1.15 bits per heavy atom. The van der Waals surface area contributed by atoms with Crippen LogP contribution in [0.4, 0.5) is 0 Å². The Morgan fingerprint density at radius 2 is 1.81 bits per heavy atom. The minimum Gasteiger partial charge on any atom is -0.494 e. The van der Waals surface area contributed by atoms with E-state index in [1.54, 1.807) is 0 Å². The summed E-state index contributed by atoms with van der Waals surface area (Å²) >= 11 is 0. The largest absolute Gasteiger partial charge is 0.494 e. The maximum absolute atomic E-state index is 5.87. The molecule has 0 saturated heterocycles. The lowest BCUT2D eigenvalue weighted by Crippen LogP contribution is -2.25. The number of hydrogen-bond donors (Lipinski definition) is 0. The van der Waals surface area contributed by atoms with Crippen molar-refractivity contribution in [1.29, 1.82) is 0 Å². The molecule has 0 N–H and O–H groups in total. The number of benzene rings is 1. The van der Waals surface area contributed by atoms with Crippen molar-refractivity contribution in [3.8, 4) is 5.75 Å².